The Hall–Kier alpha value is -1.49. The highest BCUT2D eigenvalue weighted by Gasteiger charge is 2.35. The minimum Gasteiger partial charge on any atom is -0.333 e. The number of amides is 1. The zero-order chi connectivity index (χ0) is 11.8. The Kier molecular flexibility index (Phi) is 2.55. The van der Waals surface area contributed by atoms with E-state index in [-0.39, 0.29) is 5.91 Å². The van der Waals surface area contributed by atoms with E-state index in [0.29, 0.717) is 17.4 Å². The average molecular weight is 232 g/mol. The second-order valence-electron chi connectivity index (χ2n) is 4.76. The summed E-state index contributed by atoms with van der Waals surface area (Å²) in [5.74, 6) is 0.781. The Morgan fingerprint density at radius 1 is 1.29 bits per heavy atom. The molecule has 3 heterocycles. The number of piperazine rings is 1. The van der Waals surface area contributed by atoms with Crippen LogP contribution in [-0.2, 0) is 0 Å². The molecule has 90 valence electrons. The number of fused-ring (bicyclic) bond motifs is 2. The maximum atomic E-state index is 12.3. The predicted octanol–water partition coefficient (Wildman–Crippen LogP) is 0.315. The van der Waals surface area contributed by atoms with Crippen molar-refractivity contribution in [2.24, 2.45) is 0 Å². The first-order chi connectivity index (χ1) is 8.24. The van der Waals surface area contributed by atoms with E-state index < -0.39 is 0 Å². The number of hydrogen-bond donors (Lipinski definition) is 0. The van der Waals surface area contributed by atoms with Crippen LogP contribution in [0.15, 0.2) is 12.4 Å². The maximum absolute atomic E-state index is 12.3. The van der Waals surface area contributed by atoms with Crippen molar-refractivity contribution >= 4 is 5.91 Å². The third-order valence-corrected chi connectivity index (χ3v) is 3.63. The number of nitrogens with zero attached hydrogens (tertiary/aromatic N) is 4. The van der Waals surface area contributed by atoms with Crippen LogP contribution in [0.25, 0.3) is 0 Å². The Labute approximate surface area is 100 Å². The summed E-state index contributed by atoms with van der Waals surface area (Å²) in [5, 5.41) is 0. The van der Waals surface area contributed by atoms with Gasteiger partial charge in [0.25, 0.3) is 5.91 Å². The van der Waals surface area contributed by atoms with Crippen molar-refractivity contribution in [1.29, 1.82) is 0 Å². The van der Waals surface area contributed by atoms with Crippen molar-refractivity contribution in [2.75, 3.05) is 26.2 Å². The molecule has 1 aromatic heterocycles. The van der Waals surface area contributed by atoms with Crippen molar-refractivity contribution in [3.05, 3.63) is 23.8 Å². The van der Waals surface area contributed by atoms with E-state index in [0.717, 1.165) is 32.6 Å². The van der Waals surface area contributed by atoms with Gasteiger partial charge in [0.05, 0.1) is 5.56 Å². The minimum absolute atomic E-state index is 0.0801. The van der Waals surface area contributed by atoms with Crippen molar-refractivity contribution in [1.82, 2.24) is 19.8 Å². The lowest BCUT2D eigenvalue weighted by Crippen LogP contribution is -2.49. The molecule has 3 rings (SSSR count). The van der Waals surface area contributed by atoms with Crippen LogP contribution in [0.3, 0.4) is 0 Å². The van der Waals surface area contributed by atoms with Crippen LogP contribution in [0.1, 0.15) is 22.6 Å². The summed E-state index contributed by atoms with van der Waals surface area (Å²) in [4.78, 5) is 24.9. The smallest absolute Gasteiger partial charge is 0.257 e. The van der Waals surface area contributed by atoms with Crippen LogP contribution in [0.5, 0.6) is 0 Å². The number of aromatic nitrogens is 2. The summed E-state index contributed by atoms with van der Waals surface area (Å²) in [6.45, 7) is 5.80. The zero-order valence-corrected chi connectivity index (χ0v) is 9.96. The van der Waals surface area contributed by atoms with Crippen LogP contribution in [0.2, 0.25) is 0 Å². The Morgan fingerprint density at radius 3 is 2.82 bits per heavy atom. The van der Waals surface area contributed by atoms with Crippen molar-refractivity contribution in [2.45, 2.75) is 19.4 Å². The first-order valence-electron chi connectivity index (χ1n) is 6.06. The van der Waals surface area contributed by atoms with E-state index in [1.165, 1.54) is 0 Å². The lowest BCUT2D eigenvalue weighted by molar-refractivity contribution is 0.0608. The number of aryl methyl sites for hydroxylation is 1. The molecule has 5 nitrogen and oxygen atoms in total. The third kappa shape index (κ3) is 1.91. The predicted molar refractivity (Wildman–Crippen MR) is 62.7 cm³/mol. The third-order valence-electron chi connectivity index (χ3n) is 3.63. The number of hydrogen-bond acceptors (Lipinski definition) is 4. The lowest BCUT2D eigenvalue weighted by Gasteiger charge is -2.34. The first-order valence-corrected chi connectivity index (χ1v) is 6.06. The molecule has 0 spiro atoms. The van der Waals surface area contributed by atoms with Crippen LogP contribution < -0.4 is 0 Å². The topological polar surface area (TPSA) is 49.3 Å². The molecule has 2 aliphatic heterocycles. The maximum Gasteiger partial charge on any atom is 0.257 e. The summed E-state index contributed by atoms with van der Waals surface area (Å²) in [6, 6.07) is 0.387. The highest BCUT2D eigenvalue weighted by molar-refractivity contribution is 5.94. The Balaban J connectivity index is 1.79. The molecule has 0 saturated carbocycles. The molecule has 2 aliphatic rings. The Bertz CT molecular complexity index is 431. The lowest BCUT2D eigenvalue weighted by atomic mass is 10.1. The molecule has 2 bridgehead atoms. The molecule has 0 N–H and O–H groups in total. The quantitative estimate of drug-likeness (QED) is 0.699. The van der Waals surface area contributed by atoms with Gasteiger partial charge < -0.3 is 4.90 Å². The van der Waals surface area contributed by atoms with Gasteiger partial charge in [0.2, 0.25) is 0 Å². The zero-order valence-electron chi connectivity index (χ0n) is 9.96. The van der Waals surface area contributed by atoms with Gasteiger partial charge >= 0.3 is 0 Å². The standard InChI is InChI=1S/C12H16N4O/c1-9-13-6-10(7-14-9)12(17)16-5-4-15-3-2-11(16)8-15/h6-7,11H,2-5,8H2,1H3. The monoisotopic (exact) mass is 232 g/mol. The van der Waals surface area contributed by atoms with Crippen LogP contribution in [0, 0.1) is 6.92 Å². The van der Waals surface area contributed by atoms with Gasteiger partial charge in [-0.15, -0.1) is 0 Å². The molecular formula is C12H16N4O. The van der Waals surface area contributed by atoms with E-state index in [2.05, 4.69) is 14.9 Å². The summed E-state index contributed by atoms with van der Waals surface area (Å²) in [5.41, 5.74) is 0.607. The van der Waals surface area contributed by atoms with Gasteiger partial charge in [-0.05, 0) is 13.3 Å². The van der Waals surface area contributed by atoms with Crippen molar-refractivity contribution < 1.29 is 4.79 Å². The molecule has 2 atom stereocenters. The molecule has 2 unspecified atom stereocenters. The molecule has 1 aromatic rings. The minimum atomic E-state index is 0.0801. The molecule has 0 aliphatic carbocycles. The summed E-state index contributed by atoms with van der Waals surface area (Å²) < 4.78 is 0. The first kappa shape index (κ1) is 10.7. The fourth-order valence-corrected chi connectivity index (χ4v) is 2.64. The fraction of sp³-hybridized carbons (Fsp3) is 0.583. The normalized spacial score (nSPS) is 27.2. The van der Waals surface area contributed by atoms with Gasteiger partial charge in [-0.2, -0.15) is 0 Å². The van der Waals surface area contributed by atoms with E-state index >= 15 is 0 Å². The summed E-state index contributed by atoms with van der Waals surface area (Å²) in [6.07, 6.45) is 4.36. The van der Waals surface area contributed by atoms with Gasteiger partial charge in [0, 0.05) is 44.6 Å². The molecule has 17 heavy (non-hydrogen) atoms. The molecule has 0 aromatic carbocycles. The highest BCUT2D eigenvalue weighted by Crippen LogP contribution is 2.22. The Morgan fingerprint density at radius 2 is 2.06 bits per heavy atom. The van der Waals surface area contributed by atoms with Gasteiger partial charge in [-0.25, -0.2) is 9.97 Å². The number of carbonyl (C=O) groups is 1. The second kappa shape index (κ2) is 4.07. The van der Waals surface area contributed by atoms with E-state index in [1.807, 2.05) is 11.8 Å². The number of rotatable bonds is 1. The van der Waals surface area contributed by atoms with Gasteiger partial charge in [0.15, 0.2) is 0 Å². The van der Waals surface area contributed by atoms with Crippen molar-refractivity contribution in [3.63, 3.8) is 0 Å². The van der Waals surface area contributed by atoms with Crippen LogP contribution >= 0.6 is 0 Å². The van der Waals surface area contributed by atoms with Crippen molar-refractivity contribution in [3.8, 4) is 0 Å². The summed E-state index contributed by atoms with van der Waals surface area (Å²) in [7, 11) is 0. The average Bonchev–Trinajstić information content (AvgIpc) is 2.72. The van der Waals surface area contributed by atoms with E-state index in [9.17, 15) is 4.79 Å². The number of carbonyl (C=O) groups excluding carboxylic acids is 1. The molecule has 5 heteroatoms. The molecule has 0 radical (unpaired) electrons. The largest absolute Gasteiger partial charge is 0.333 e. The van der Waals surface area contributed by atoms with Gasteiger partial charge in [0.1, 0.15) is 5.82 Å². The summed E-state index contributed by atoms with van der Waals surface area (Å²) >= 11 is 0. The van der Waals surface area contributed by atoms with Crippen LogP contribution in [-0.4, -0.2) is 57.9 Å². The molecule has 2 fully saturated rings. The highest BCUT2D eigenvalue weighted by atomic mass is 16.2. The van der Waals surface area contributed by atoms with Crippen LogP contribution in [0.4, 0.5) is 0 Å². The van der Waals surface area contributed by atoms with E-state index in [4.69, 9.17) is 0 Å². The second-order valence-corrected chi connectivity index (χ2v) is 4.76. The van der Waals surface area contributed by atoms with E-state index in [1.54, 1.807) is 12.4 Å². The molecule has 2 saturated heterocycles. The SMILES string of the molecule is Cc1ncc(C(=O)N2CCN3CCC2C3)cn1. The molecular weight excluding hydrogens is 216 g/mol. The van der Waals surface area contributed by atoms with Gasteiger partial charge in [-0.3, -0.25) is 9.69 Å². The fourth-order valence-electron chi connectivity index (χ4n) is 2.64. The van der Waals surface area contributed by atoms with Gasteiger partial charge in [-0.1, -0.05) is 0 Å². The molecule has 1 amide bonds.